The molecule has 1 saturated heterocycles. The van der Waals surface area contributed by atoms with E-state index in [0.29, 0.717) is 19.4 Å². The molecular weight excluding hydrogens is 280 g/mol. The summed E-state index contributed by atoms with van der Waals surface area (Å²) in [5.74, 6) is -1.24. The van der Waals surface area contributed by atoms with E-state index in [0.717, 1.165) is 19.3 Å². The summed E-state index contributed by atoms with van der Waals surface area (Å²) in [7, 11) is -3.46. The van der Waals surface area contributed by atoms with Crippen LogP contribution < -0.4 is 4.72 Å². The normalized spacial score (nSPS) is 21.9. The molecule has 0 aromatic rings. The van der Waals surface area contributed by atoms with E-state index in [9.17, 15) is 13.2 Å². The van der Waals surface area contributed by atoms with Crippen molar-refractivity contribution in [3.05, 3.63) is 11.6 Å². The smallest absolute Gasteiger partial charge is 0.306 e. The maximum Gasteiger partial charge on any atom is 0.306 e. The topological polar surface area (TPSA) is 86.7 Å². The van der Waals surface area contributed by atoms with Crippen LogP contribution in [0.2, 0.25) is 0 Å². The Hall–Kier alpha value is -0.920. The number of allylic oxidation sites excluding steroid dienone is 1. The third kappa shape index (κ3) is 4.04. The molecule has 7 heteroatoms. The zero-order chi connectivity index (χ0) is 14.6. The van der Waals surface area contributed by atoms with Crippen LogP contribution in [0.15, 0.2) is 11.6 Å². The van der Waals surface area contributed by atoms with Crippen molar-refractivity contribution in [2.24, 2.45) is 5.92 Å². The lowest BCUT2D eigenvalue weighted by Gasteiger charge is -2.29. The quantitative estimate of drug-likeness (QED) is 0.720. The van der Waals surface area contributed by atoms with Gasteiger partial charge >= 0.3 is 5.97 Å². The number of carboxylic acids is 1. The third-order valence-electron chi connectivity index (χ3n) is 4.01. The van der Waals surface area contributed by atoms with Crippen LogP contribution in [-0.2, 0) is 15.0 Å². The van der Waals surface area contributed by atoms with Crippen LogP contribution in [0, 0.1) is 5.92 Å². The molecule has 2 aliphatic rings. The van der Waals surface area contributed by atoms with Crippen LogP contribution in [0.5, 0.6) is 0 Å². The van der Waals surface area contributed by atoms with Crippen LogP contribution in [0.1, 0.15) is 38.5 Å². The lowest BCUT2D eigenvalue weighted by molar-refractivity contribution is -0.142. The molecule has 0 amide bonds. The van der Waals surface area contributed by atoms with E-state index in [1.807, 2.05) is 0 Å². The fourth-order valence-corrected chi connectivity index (χ4v) is 3.97. The van der Waals surface area contributed by atoms with Crippen molar-refractivity contribution < 1.29 is 18.3 Å². The summed E-state index contributed by atoms with van der Waals surface area (Å²) >= 11 is 0. The van der Waals surface area contributed by atoms with Crippen LogP contribution >= 0.6 is 0 Å². The summed E-state index contributed by atoms with van der Waals surface area (Å²) in [5, 5.41) is 8.90. The van der Waals surface area contributed by atoms with Gasteiger partial charge in [-0.05, 0) is 38.5 Å². The molecule has 1 fully saturated rings. The molecule has 1 aliphatic heterocycles. The van der Waals surface area contributed by atoms with E-state index in [4.69, 9.17) is 5.11 Å². The van der Waals surface area contributed by atoms with E-state index in [1.54, 1.807) is 0 Å². The van der Waals surface area contributed by atoms with Gasteiger partial charge < -0.3 is 5.11 Å². The molecule has 0 atom stereocenters. The molecule has 1 heterocycles. The molecule has 20 heavy (non-hydrogen) atoms. The van der Waals surface area contributed by atoms with Gasteiger partial charge in [0.1, 0.15) is 0 Å². The Morgan fingerprint density at radius 3 is 2.65 bits per heavy atom. The van der Waals surface area contributed by atoms with E-state index < -0.39 is 22.1 Å². The maximum absolute atomic E-state index is 12.1. The number of carbonyl (C=O) groups is 1. The summed E-state index contributed by atoms with van der Waals surface area (Å²) < 4.78 is 28.1. The summed E-state index contributed by atoms with van der Waals surface area (Å²) in [5.41, 5.74) is 1.33. The Morgan fingerprint density at radius 1 is 1.40 bits per heavy atom. The first-order chi connectivity index (χ1) is 9.49. The first kappa shape index (κ1) is 15.5. The molecule has 0 saturated carbocycles. The van der Waals surface area contributed by atoms with Crippen molar-refractivity contribution in [1.29, 1.82) is 0 Å². The lowest BCUT2D eigenvalue weighted by Crippen LogP contribution is -2.46. The van der Waals surface area contributed by atoms with Crippen molar-refractivity contribution in [2.45, 2.75) is 38.5 Å². The number of hydrogen-bond acceptors (Lipinski definition) is 3. The van der Waals surface area contributed by atoms with Gasteiger partial charge in [0.15, 0.2) is 0 Å². The number of hydrogen-bond donors (Lipinski definition) is 2. The molecule has 0 radical (unpaired) electrons. The predicted octanol–water partition coefficient (Wildman–Crippen LogP) is 1.12. The van der Waals surface area contributed by atoms with Crippen molar-refractivity contribution in [3.8, 4) is 0 Å². The summed E-state index contributed by atoms with van der Waals surface area (Å²) in [4.78, 5) is 10.8. The summed E-state index contributed by atoms with van der Waals surface area (Å²) in [6.45, 7) is 0.997. The van der Waals surface area contributed by atoms with Crippen molar-refractivity contribution in [1.82, 2.24) is 9.03 Å². The van der Waals surface area contributed by atoms with Crippen molar-refractivity contribution in [2.75, 3.05) is 19.6 Å². The molecular formula is C13H22N2O4S. The second-order valence-electron chi connectivity index (χ2n) is 5.42. The van der Waals surface area contributed by atoms with Gasteiger partial charge in [-0.3, -0.25) is 4.79 Å². The Bertz CT molecular complexity index is 479. The predicted molar refractivity (Wildman–Crippen MR) is 75.4 cm³/mol. The van der Waals surface area contributed by atoms with Gasteiger partial charge in [0, 0.05) is 19.6 Å². The van der Waals surface area contributed by atoms with Crippen LogP contribution in [-0.4, -0.2) is 43.4 Å². The molecule has 6 nitrogen and oxygen atoms in total. The van der Waals surface area contributed by atoms with Gasteiger partial charge in [-0.25, -0.2) is 4.72 Å². The van der Waals surface area contributed by atoms with Crippen LogP contribution in [0.3, 0.4) is 0 Å². The van der Waals surface area contributed by atoms with Crippen molar-refractivity contribution in [3.63, 3.8) is 0 Å². The number of rotatable bonds is 6. The van der Waals surface area contributed by atoms with E-state index in [2.05, 4.69) is 10.8 Å². The highest BCUT2D eigenvalue weighted by molar-refractivity contribution is 7.87. The highest BCUT2D eigenvalue weighted by Crippen LogP contribution is 2.21. The second-order valence-corrected chi connectivity index (χ2v) is 7.17. The lowest BCUT2D eigenvalue weighted by atomic mass is 9.99. The Morgan fingerprint density at radius 2 is 2.10 bits per heavy atom. The van der Waals surface area contributed by atoms with E-state index in [1.165, 1.54) is 16.3 Å². The van der Waals surface area contributed by atoms with Crippen molar-refractivity contribution >= 4 is 16.2 Å². The second kappa shape index (κ2) is 6.69. The zero-order valence-corrected chi connectivity index (χ0v) is 12.4. The Labute approximate surface area is 120 Å². The van der Waals surface area contributed by atoms with Gasteiger partial charge in [0.05, 0.1) is 5.92 Å². The monoisotopic (exact) mass is 302 g/mol. The third-order valence-corrected chi connectivity index (χ3v) is 5.62. The van der Waals surface area contributed by atoms with Crippen LogP contribution in [0.25, 0.3) is 0 Å². The Kier molecular flexibility index (Phi) is 5.17. The highest BCUT2D eigenvalue weighted by Gasteiger charge is 2.30. The molecule has 2 N–H and O–H groups in total. The zero-order valence-electron chi connectivity index (χ0n) is 11.5. The molecule has 0 bridgehead atoms. The average Bonchev–Trinajstić information content (AvgIpc) is 2.92. The molecule has 0 aromatic heterocycles. The largest absolute Gasteiger partial charge is 0.481 e. The number of nitrogens with zero attached hydrogens (tertiary/aromatic N) is 1. The fourth-order valence-electron chi connectivity index (χ4n) is 2.74. The SMILES string of the molecule is O=C(O)C1CCN(S(=O)(=O)NCCC2=CCCC2)CC1. The average molecular weight is 302 g/mol. The fraction of sp³-hybridized carbons (Fsp3) is 0.769. The number of aliphatic carboxylic acids is 1. The van der Waals surface area contributed by atoms with Gasteiger partial charge in [0.25, 0.3) is 10.2 Å². The molecule has 114 valence electrons. The first-order valence-electron chi connectivity index (χ1n) is 7.14. The standard InChI is InChI=1S/C13H22N2O4S/c16-13(17)12-6-9-15(10-7-12)20(18,19)14-8-5-11-3-1-2-4-11/h3,12,14H,1-2,4-10H2,(H,16,17). The summed E-state index contributed by atoms with van der Waals surface area (Å²) in [6.07, 6.45) is 7.08. The molecule has 1 aliphatic carbocycles. The minimum atomic E-state index is -3.46. The van der Waals surface area contributed by atoms with E-state index >= 15 is 0 Å². The van der Waals surface area contributed by atoms with E-state index in [-0.39, 0.29) is 13.1 Å². The van der Waals surface area contributed by atoms with Gasteiger partial charge in [0.2, 0.25) is 0 Å². The van der Waals surface area contributed by atoms with Gasteiger partial charge in [-0.15, -0.1) is 0 Å². The molecule has 2 rings (SSSR count). The number of nitrogens with one attached hydrogen (secondary N) is 1. The highest BCUT2D eigenvalue weighted by atomic mass is 32.2. The van der Waals surface area contributed by atoms with Gasteiger partial charge in [-0.2, -0.15) is 12.7 Å². The van der Waals surface area contributed by atoms with Crippen LogP contribution in [0.4, 0.5) is 0 Å². The minimum absolute atomic E-state index is 0.287. The minimum Gasteiger partial charge on any atom is -0.481 e. The molecule has 0 unspecified atom stereocenters. The summed E-state index contributed by atoms with van der Waals surface area (Å²) in [6, 6.07) is 0. The van der Waals surface area contributed by atoms with Gasteiger partial charge in [-0.1, -0.05) is 11.6 Å². The number of carboxylic acid groups (broad SMARTS) is 1. The number of piperidine rings is 1. The molecule has 0 spiro atoms. The Balaban J connectivity index is 1.77. The maximum atomic E-state index is 12.1. The first-order valence-corrected chi connectivity index (χ1v) is 8.58. The molecule has 0 aromatic carbocycles.